The third-order valence-electron chi connectivity index (χ3n) is 5.54. The summed E-state index contributed by atoms with van der Waals surface area (Å²) in [6.07, 6.45) is 2.04. The van der Waals surface area contributed by atoms with Crippen molar-refractivity contribution in [2.45, 2.75) is 58.8 Å². The van der Waals surface area contributed by atoms with E-state index in [0.29, 0.717) is 29.4 Å². The molecule has 1 aliphatic heterocycles. The summed E-state index contributed by atoms with van der Waals surface area (Å²) >= 11 is 6.07. The van der Waals surface area contributed by atoms with Gasteiger partial charge in [-0.1, -0.05) is 30.7 Å². The number of carbonyl (C=O) groups excluding carboxylic acids is 4. The highest BCUT2D eigenvalue weighted by Crippen LogP contribution is 2.23. The number of nitrogens with one attached hydrogen (secondary N) is 4. The first-order valence-corrected chi connectivity index (χ1v) is 12.5. The Morgan fingerprint density at radius 1 is 1.14 bits per heavy atom. The van der Waals surface area contributed by atoms with E-state index in [4.69, 9.17) is 16.3 Å². The minimum atomic E-state index is -0.882. The van der Waals surface area contributed by atoms with Gasteiger partial charge >= 0.3 is 0 Å². The summed E-state index contributed by atoms with van der Waals surface area (Å²) in [5.74, 6) is -1.27. The largest absolute Gasteiger partial charge is 0.491 e. The summed E-state index contributed by atoms with van der Waals surface area (Å²) in [7, 11) is 0. The van der Waals surface area contributed by atoms with Crippen molar-refractivity contribution < 1.29 is 23.9 Å². The van der Waals surface area contributed by atoms with Crippen LogP contribution in [0.4, 0.5) is 0 Å². The fourth-order valence-corrected chi connectivity index (χ4v) is 3.82. The third kappa shape index (κ3) is 8.45. The quantitative estimate of drug-likeness (QED) is 0.444. The highest BCUT2D eigenvalue weighted by Gasteiger charge is 2.25. The zero-order chi connectivity index (χ0) is 26.9. The molecule has 0 fully saturated rings. The molecule has 200 valence electrons. The summed E-state index contributed by atoms with van der Waals surface area (Å²) in [5, 5.41) is 19.2. The molecule has 12 nitrogen and oxygen atoms in total. The van der Waals surface area contributed by atoms with E-state index < -0.39 is 29.8 Å². The number of amides is 4. The van der Waals surface area contributed by atoms with Crippen LogP contribution in [0.1, 0.15) is 49.7 Å². The molecule has 3 rings (SSSR count). The molecule has 0 unspecified atom stereocenters. The Bertz CT molecular complexity index is 1140. The van der Waals surface area contributed by atoms with Crippen molar-refractivity contribution in [3.05, 3.63) is 40.7 Å². The number of ether oxygens (including phenoxy) is 1. The number of nitrogens with zero attached hydrogens (tertiary/aromatic N) is 3. The van der Waals surface area contributed by atoms with Gasteiger partial charge in [0.15, 0.2) is 0 Å². The summed E-state index contributed by atoms with van der Waals surface area (Å²) in [6, 6.07) is 3.02. The van der Waals surface area contributed by atoms with Crippen LogP contribution in [-0.2, 0) is 27.5 Å². The second kappa shape index (κ2) is 13.0. The number of halogens is 1. The molecule has 1 aliphatic rings. The predicted octanol–water partition coefficient (Wildman–Crippen LogP) is 0.796. The summed E-state index contributed by atoms with van der Waals surface area (Å²) in [5.41, 5.74) is 0.755. The zero-order valence-electron chi connectivity index (χ0n) is 21.0. The van der Waals surface area contributed by atoms with E-state index in [1.165, 1.54) is 13.0 Å². The lowest BCUT2D eigenvalue weighted by Gasteiger charge is -2.22. The third-order valence-corrected chi connectivity index (χ3v) is 5.78. The second-order valence-corrected chi connectivity index (χ2v) is 9.60. The van der Waals surface area contributed by atoms with Crippen LogP contribution in [0.2, 0.25) is 5.02 Å². The molecule has 0 spiro atoms. The molecule has 0 aliphatic carbocycles. The van der Waals surface area contributed by atoms with Gasteiger partial charge in [-0.3, -0.25) is 19.2 Å². The van der Waals surface area contributed by atoms with Crippen LogP contribution in [0.25, 0.3) is 0 Å². The van der Waals surface area contributed by atoms with Gasteiger partial charge in [-0.15, -0.1) is 5.10 Å². The van der Waals surface area contributed by atoms with Gasteiger partial charge in [0.1, 0.15) is 30.1 Å². The van der Waals surface area contributed by atoms with Gasteiger partial charge in [0, 0.05) is 18.0 Å². The maximum Gasteiger partial charge on any atom is 0.255 e. The monoisotopic (exact) mass is 533 g/mol. The molecule has 1 aromatic heterocycles. The van der Waals surface area contributed by atoms with E-state index in [1.54, 1.807) is 23.0 Å². The van der Waals surface area contributed by atoms with Crippen molar-refractivity contribution in [2.24, 2.45) is 5.92 Å². The molecule has 4 amide bonds. The average molecular weight is 534 g/mol. The summed E-state index contributed by atoms with van der Waals surface area (Å²) in [6.45, 7) is 6.11. The van der Waals surface area contributed by atoms with Gasteiger partial charge < -0.3 is 26.0 Å². The first-order valence-electron chi connectivity index (χ1n) is 12.1. The molecule has 0 saturated carbocycles. The Labute approximate surface area is 219 Å². The second-order valence-electron chi connectivity index (χ2n) is 9.17. The molecular formula is C24H32ClN7O5. The maximum absolute atomic E-state index is 12.8. The predicted molar refractivity (Wildman–Crippen MR) is 135 cm³/mol. The number of aromatic nitrogens is 3. The fraction of sp³-hybridized carbons (Fsp3) is 0.500. The summed E-state index contributed by atoms with van der Waals surface area (Å²) < 4.78 is 7.35. The highest BCUT2D eigenvalue weighted by molar-refractivity contribution is 6.31. The van der Waals surface area contributed by atoms with Crippen molar-refractivity contribution in [1.82, 2.24) is 36.3 Å². The van der Waals surface area contributed by atoms with Gasteiger partial charge in [0.25, 0.3) is 5.91 Å². The highest BCUT2D eigenvalue weighted by atomic mass is 35.5. The maximum atomic E-state index is 12.8. The van der Waals surface area contributed by atoms with Crippen molar-refractivity contribution in [3.63, 3.8) is 0 Å². The van der Waals surface area contributed by atoms with Crippen LogP contribution in [0.5, 0.6) is 5.75 Å². The molecule has 2 atom stereocenters. The molecule has 0 radical (unpaired) electrons. The summed E-state index contributed by atoms with van der Waals surface area (Å²) in [4.78, 5) is 50.6. The van der Waals surface area contributed by atoms with Crippen LogP contribution >= 0.6 is 11.6 Å². The van der Waals surface area contributed by atoms with Gasteiger partial charge in [-0.25, -0.2) is 4.68 Å². The number of hydrogen-bond donors (Lipinski definition) is 4. The number of carbonyl (C=O) groups is 4. The Morgan fingerprint density at radius 2 is 1.92 bits per heavy atom. The zero-order valence-corrected chi connectivity index (χ0v) is 21.8. The number of fused-ring (bicyclic) bond motifs is 3. The molecule has 2 aromatic rings. The van der Waals surface area contributed by atoms with Gasteiger partial charge in [0.05, 0.1) is 24.8 Å². The Morgan fingerprint density at radius 3 is 2.68 bits per heavy atom. The Balaban J connectivity index is 1.78. The Hall–Kier alpha value is -3.67. The normalized spacial score (nSPS) is 20.5. The molecule has 13 heteroatoms. The minimum absolute atomic E-state index is 0.0328. The smallest absolute Gasteiger partial charge is 0.255 e. The number of hydrogen-bond acceptors (Lipinski definition) is 7. The van der Waals surface area contributed by atoms with E-state index in [2.05, 4.69) is 31.6 Å². The van der Waals surface area contributed by atoms with Crippen molar-refractivity contribution in [1.29, 1.82) is 0 Å². The lowest BCUT2D eigenvalue weighted by atomic mass is 10.0. The molecular weight excluding hydrogens is 502 g/mol. The van der Waals surface area contributed by atoms with E-state index in [1.807, 2.05) is 13.8 Å². The molecule has 2 bridgehead atoms. The van der Waals surface area contributed by atoms with Gasteiger partial charge in [0.2, 0.25) is 17.7 Å². The van der Waals surface area contributed by atoms with Crippen LogP contribution in [0.15, 0.2) is 24.4 Å². The first-order chi connectivity index (χ1) is 17.6. The van der Waals surface area contributed by atoms with Crippen LogP contribution in [0.3, 0.4) is 0 Å². The first kappa shape index (κ1) is 27.9. The molecule has 1 aromatic carbocycles. The van der Waals surface area contributed by atoms with E-state index in [9.17, 15) is 19.2 Å². The lowest BCUT2D eigenvalue weighted by molar-refractivity contribution is -0.132. The van der Waals surface area contributed by atoms with Crippen molar-refractivity contribution in [2.75, 3.05) is 13.2 Å². The topological polar surface area (TPSA) is 156 Å². The van der Waals surface area contributed by atoms with E-state index in [-0.39, 0.29) is 43.5 Å². The minimum Gasteiger partial charge on any atom is -0.491 e. The Kier molecular flexibility index (Phi) is 9.84. The molecule has 2 heterocycles. The number of benzene rings is 1. The SMILES string of the molecule is CC(C)C[C@H]1NC(=O)[C@@H](C)NC(=O)CCNC(=O)c2cc(Cl)ccc2OCCn2cc(nn2)CNC1=O. The van der Waals surface area contributed by atoms with E-state index in [0.717, 1.165) is 0 Å². The standard InChI is InChI=1S/C24H32ClN7O5/c1-14(2)10-19-24(36)27-12-17-13-32(31-30-17)8-9-37-20-5-4-16(25)11-18(20)23(35)26-7-6-21(33)28-15(3)22(34)29-19/h4-5,11,13-15,19H,6-10,12H2,1-3H3,(H,26,35)(H,27,36)(H,28,33)(H,29,34)/t15-,19-/m1/s1. The lowest BCUT2D eigenvalue weighted by Crippen LogP contribution is -2.53. The number of rotatable bonds is 2. The van der Waals surface area contributed by atoms with Gasteiger partial charge in [-0.05, 0) is 37.5 Å². The van der Waals surface area contributed by atoms with Crippen molar-refractivity contribution in [3.8, 4) is 5.75 Å². The molecule has 4 N–H and O–H groups in total. The van der Waals surface area contributed by atoms with Crippen LogP contribution < -0.4 is 26.0 Å². The fourth-order valence-electron chi connectivity index (χ4n) is 3.65. The molecule has 37 heavy (non-hydrogen) atoms. The van der Waals surface area contributed by atoms with Crippen molar-refractivity contribution >= 4 is 35.2 Å². The van der Waals surface area contributed by atoms with E-state index >= 15 is 0 Å². The average Bonchev–Trinajstić information content (AvgIpc) is 3.29. The van der Waals surface area contributed by atoms with Crippen LogP contribution in [-0.4, -0.2) is 63.9 Å². The molecule has 0 saturated heterocycles. The van der Waals surface area contributed by atoms with Gasteiger partial charge in [-0.2, -0.15) is 0 Å². The van der Waals surface area contributed by atoms with Crippen LogP contribution in [0, 0.1) is 5.92 Å².